The van der Waals surface area contributed by atoms with Crippen LogP contribution in [0.4, 0.5) is 0 Å². The SMILES string of the molecule is CC1CC(O)C(O)C(C(O)CO)O1. The molecular formula is C8H16O5. The molecular weight excluding hydrogens is 176 g/mol. The standard InChI is InChI=1S/C8H16O5/c1-4-2-5(10)7(12)8(13-4)6(11)3-9/h4-12H,2-3H2,1H3. The Kier molecular flexibility index (Phi) is 3.63. The Morgan fingerprint density at radius 3 is 2.62 bits per heavy atom. The van der Waals surface area contributed by atoms with E-state index in [0.717, 1.165) is 0 Å². The van der Waals surface area contributed by atoms with Crippen molar-refractivity contribution in [3.05, 3.63) is 0 Å². The maximum Gasteiger partial charge on any atom is 0.114 e. The summed E-state index contributed by atoms with van der Waals surface area (Å²) < 4.78 is 5.20. The molecule has 1 aliphatic heterocycles. The van der Waals surface area contributed by atoms with E-state index in [-0.39, 0.29) is 6.10 Å². The Bertz CT molecular complexity index is 163. The van der Waals surface area contributed by atoms with Crippen molar-refractivity contribution in [3.8, 4) is 0 Å². The third kappa shape index (κ3) is 2.38. The van der Waals surface area contributed by atoms with Crippen LogP contribution in [0.5, 0.6) is 0 Å². The van der Waals surface area contributed by atoms with Gasteiger partial charge in [0.05, 0.1) is 18.8 Å². The molecule has 0 amide bonds. The highest BCUT2D eigenvalue weighted by Gasteiger charge is 2.38. The summed E-state index contributed by atoms with van der Waals surface area (Å²) in [5.74, 6) is 0. The molecule has 0 aliphatic carbocycles. The molecule has 4 N–H and O–H groups in total. The number of aliphatic hydroxyl groups excluding tert-OH is 4. The molecule has 1 saturated heterocycles. The van der Waals surface area contributed by atoms with Crippen molar-refractivity contribution in [1.82, 2.24) is 0 Å². The smallest absolute Gasteiger partial charge is 0.114 e. The van der Waals surface area contributed by atoms with Gasteiger partial charge < -0.3 is 25.2 Å². The van der Waals surface area contributed by atoms with Crippen LogP contribution in [0.25, 0.3) is 0 Å². The Hall–Kier alpha value is -0.200. The predicted octanol–water partition coefficient (Wildman–Crippen LogP) is -1.76. The molecule has 0 aromatic carbocycles. The maximum atomic E-state index is 9.41. The zero-order chi connectivity index (χ0) is 10.0. The van der Waals surface area contributed by atoms with Gasteiger partial charge in [-0.25, -0.2) is 0 Å². The molecule has 0 radical (unpaired) electrons. The topological polar surface area (TPSA) is 90.2 Å². The Morgan fingerprint density at radius 2 is 2.08 bits per heavy atom. The van der Waals surface area contributed by atoms with Gasteiger partial charge in [-0.15, -0.1) is 0 Å². The van der Waals surface area contributed by atoms with Crippen LogP contribution in [0, 0.1) is 0 Å². The first-order valence-electron chi connectivity index (χ1n) is 4.36. The number of hydrogen-bond donors (Lipinski definition) is 4. The summed E-state index contributed by atoms with van der Waals surface area (Å²) in [6.45, 7) is 1.26. The summed E-state index contributed by atoms with van der Waals surface area (Å²) in [5.41, 5.74) is 0. The fourth-order valence-electron chi connectivity index (χ4n) is 1.52. The van der Waals surface area contributed by atoms with Gasteiger partial charge in [0, 0.05) is 6.42 Å². The van der Waals surface area contributed by atoms with E-state index in [2.05, 4.69) is 0 Å². The van der Waals surface area contributed by atoms with E-state index in [1.165, 1.54) is 0 Å². The summed E-state index contributed by atoms with van der Waals surface area (Å²) in [4.78, 5) is 0. The van der Waals surface area contributed by atoms with Gasteiger partial charge in [0.2, 0.25) is 0 Å². The van der Waals surface area contributed by atoms with Gasteiger partial charge in [-0.05, 0) is 6.92 Å². The lowest BCUT2D eigenvalue weighted by atomic mass is 9.95. The summed E-state index contributed by atoms with van der Waals surface area (Å²) >= 11 is 0. The van der Waals surface area contributed by atoms with E-state index in [1.54, 1.807) is 6.92 Å². The lowest BCUT2D eigenvalue weighted by Crippen LogP contribution is -2.53. The van der Waals surface area contributed by atoms with E-state index < -0.39 is 31.0 Å². The van der Waals surface area contributed by atoms with Crippen LogP contribution in [0.15, 0.2) is 0 Å². The van der Waals surface area contributed by atoms with Gasteiger partial charge in [-0.2, -0.15) is 0 Å². The van der Waals surface area contributed by atoms with E-state index in [9.17, 15) is 15.3 Å². The zero-order valence-corrected chi connectivity index (χ0v) is 7.50. The molecule has 0 bridgehead atoms. The monoisotopic (exact) mass is 192 g/mol. The first-order valence-corrected chi connectivity index (χ1v) is 4.36. The van der Waals surface area contributed by atoms with Gasteiger partial charge in [-0.1, -0.05) is 0 Å². The minimum atomic E-state index is -1.15. The Morgan fingerprint density at radius 1 is 1.46 bits per heavy atom. The Labute approximate surface area is 76.6 Å². The van der Waals surface area contributed by atoms with E-state index in [4.69, 9.17) is 9.84 Å². The van der Waals surface area contributed by atoms with Crippen molar-refractivity contribution >= 4 is 0 Å². The largest absolute Gasteiger partial charge is 0.394 e. The molecule has 5 heteroatoms. The minimum Gasteiger partial charge on any atom is -0.394 e. The molecule has 78 valence electrons. The number of hydrogen-bond acceptors (Lipinski definition) is 5. The van der Waals surface area contributed by atoms with Crippen LogP contribution in [-0.2, 0) is 4.74 Å². The molecule has 13 heavy (non-hydrogen) atoms. The van der Waals surface area contributed by atoms with E-state index >= 15 is 0 Å². The first-order chi connectivity index (χ1) is 6.06. The molecule has 1 rings (SSSR count). The second kappa shape index (κ2) is 4.34. The van der Waals surface area contributed by atoms with Crippen LogP contribution >= 0.6 is 0 Å². The third-order valence-corrected chi connectivity index (χ3v) is 2.26. The number of rotatable bonds is 2. The molecule has 1 aliphatic rings. The van der Waals surface area contributed by atoms with Crippen LogP contribution in [0.1, 0.15) is 13.3 Å². The quantitative estimate of drug-likeness (QED) is 0.416. The lowest BCUT2D eigenvalue weighted by Gasteiger charge is -2.37. The second-order valence-electron chi connectivity index (χ2n) is 3.45. The molecule has 5 atom stereocenters. The van der Waals surface area contributed by atoms with Crippen LogP contribution in [-0.4, -0.2) is 57.6 Å². The van der Waals surface area contributed by atoms with Crippen molar-refractivity contribution in [2.24, 2.45) is 0 Å². The summed E-state index contributed by atoms with van der Waals surface area (Å²) in [5, 5.41) is 36.6. The van der Waals surface area contributed by atoms with Gasteiger partial charge in [0.15, 0.2) is 0 Å². The number of ether oxygens (including phenoxy) is 1. The molecule has 0 saturated carbocycles. The van der Waals surface area contributed by atoms with Crippen LogP contribution in [0.2, 0.25) is 0 Å². The molecule has 1 fully saturated rings. The molecule has 5 nitrogen and oxygen atoms in total. The molecule has 0 aromatic rings. The zero-order valence-electron chi connectivity index (χ0n) is 7.50. The maximum absolute atomic E-state index is 9.41. The summed E-state index contributed by atoms with van der Waals surface area (Å²) in [7, 11) is 0. The fourth-order valence-corrected chi connectivity index (χ4v) is 1.52. The average Bonchev–Trinajstić information content (AvgIpc) is 2.10. The van der Waals surface area contributed by atoms with Crippen LogP contribution in [0.3, 0.4) is 0 Å². The van der Waals surface area contributed by atoms with Crippen molar-refractivity contribution in [3.63, 3.8) is 0 Å². The average molecular weight is 192 g/mol. The molecule has 5 unspecified atom stereocenters. The predicted molar refractivity (Wildman–Crippen MR) is 44.1 cm³/mol. The fraction of sp³-hybridized carbons (Fsp3) is 1.00. The summed E-state index contributed by atoms with van der Waals surface area (Å²) in [6, 6.07) is 0. The minimum absolute atomic E-state index is 0.218. The highest BCUT2D eigenvalue weighted by Crippen LogP contribution is 2.22. The molecule has 0 aromatic heterocycles. The summed E-state index contributed by atoms with van der Waals surface area (Å²) in [6.07, 6.45) is -3.94. The molecule has 0 spiro atoms. The third-order valence-electron chi connectivity index (χ3n) is 2.26. The van der Waals surface area contributed by atoms with Gasteiger partial charge in [-0.3, -0.25) is 0 Å². The first kappa shape index (κ1) is 10.9. The van der Waals surface area contributed by atoms with Crippen molar-refractivity contribution < 1.29 is 25.2 Å². The van der Waals surface area contributed by atoms with Crippen molar-refractivity contribution in [1.29, 1.82) is 0 Å². The highest BCUT2D eigenvalue weighted by molar-refractivity contribution is 4.87. The van der Waals surface area contributed by atoms with E-state index in [0.29, 0.717) is 6.42 Å². The van der Waals surface area contributed by atoms with Gasteiger partial charge >= 0.3 is 0 Å². The van der Waals surface area contributed by atoms with E-state index in [1.807, 2.05) is 0 Å². The molecule has 1 heterocycles. The van der Waals surface area contributed by atoms with Gasteiger partial charge in [0.1, 0.15) is 18.3 Å². The highest BCUT2D eigenvalue weighted by atomic mass is 16.5. The Balaban J connectivity index is 2.60. The van der Waals surface area contributed by atoms with Crippen molar-refractivity contribution in [2.45, 2.75) is 43.9 Å². The number of aliphatic hydroxyl groups is 4. The normalized spacial score (nSPS) is 43.2. The lowest BCUT2D eigenvalue weighted by molar-refractivity contribution is -0.199. The van der Waals surface area contributed by atoms with Crippen molar-refractivity contribution in [2.75, 3.05) is 6.61 Å². The van der Waals surface area contributed by atoms with Gasteiger partial charge in [0.25, 0.3) is 0 Å². The van der Waals surface area contributed by atoms with Crippen LogP contribution < -0.4 is 0 Å². The second-order valence-corrected chi connectivity index (χ2v) is 3.45.